The second kappa shape index (κ2) is 5.14. The molecule has 2 heterocycles. The molecule has 1 aromatic rings. The van der Waals surface area contributed by atoms with Crippen molar-refractivity contribution in [3.8, 4) is 0 Å². The molecule has 2 N–H and O–H groups in total. The fourth-order valence-corrected chi connectivity index (χ4v) is 1.85. The van der Waals surface area contributed by atoms with Crippen molar-refractivity contribution in [2.75, 3.05) is 30.9 Å². The Labute approximate surface area is 101 Å². The lowest BCUT2D eigenvalue weighted by Gasteiger charge is -2.13. The highest BCUT2D eigenvalue weighted by Crippen LogP contribution is 2.13. The smallest absolute Gasteiger partial charge is 0.242 e. The van der Waals surface area contributed by atoms with E-state index in [0.29, 0.717) is 5.82 Å². The van der Waals surface area contributed by atoms with Crippen molar-refractivity contribution < 1.29 is 4.79 Å². The number of carbonyl (C=O) groups excluding carboxylic acids is 1. The zero-order valence-electron chi connectivity index (χ0n) is 10.2. The Kier molecular flexibility index (Phi) is 3.58. The van der Waals surface area contributed by atoms with Gasteiger partial charge in [-0.2, -0.15) is 0 Å². The van der Waals surface area contributed by atoms with Crippen molar-refractivity contribution in [1.29, 1.82) is 0 Å². The summed E-state index contributed by atoms with van der Waals surface area (Å²) in [5.74, 6) is 0.613. The number of anilines is 2. The molecule has 5 heteroatoms. The summed E-state index contributed by atoms with van der Waals surface area (Å²) in [6, 6.07) is 3.69. The number of hydrogen-bond donors (Lipinski definition) is 2. The lowest BCUT2D eigenvalue weighted by molar-refractivity contribution is -0.117. The zero-order chi connectivity index (χ0) is 12.3. The number of rotatable bonds is 3. The van der Waals surface area contributed by atoms with E-state index in [9.17, 15) is 4.79 Å². The summed E-state index contributed by atoms with van der Waals surface area (Å²) in [4.78, 5) is 18.0. The maximum Gasteiger partial charge on any atom is 0.242 e. The molecule has 0 aliphatic carbocycles. The average Bonchev–Trinajstić information content (AvgIpc) is 2.83. The second-order valence-corrected chi connectivity index (χ2v) is 4.43. The minimum atomic E-state index is -0.0645. The van der Waals surface area contributed by atoms with Gasteiger partial charge < -0.3 is 15.5 Å². The summed E-state index contributed by atoms with van der Waals surface area (Å²) >= 11 is 0. The molecule has 0 radical (unpaired) electrons. The van der Waals surface area contributed by atoms with E-state index in [1.165, 1.54) is 0 Å². The maximum atomic E-state index is 11.8. The molecule has 1 aliphatic rings. The van der Waals surface area contributed by atoms with E-state index in [2.05, 4.69) is 15.6 Å². The van der Waals surface area contributed by atoms with Gasteiger partial charge in [0.25, 0.3) is 0 Å². The molecule has 1 aromatic heterocycles. The first-order valence-electron chi connectivity index (χ1n) is 5.84. The lowest BCUT2D eigenvalue weighted by Crippen LogP contribution is -2.35. The summed E-state index contributed by atoms with van der Waals surface area (Å²) in [6.45, 7) is 0.922. The largest absolute Gasteiger partial charge is 0.376 e. The molecular weight excluding hydrogens is 216 g/mol. The maximum absolute atomic E-state index is 11.8. The molecule has 0 spiro atoms. The molecule has 5 nitrogen and oxygen atoms in total. The molecule has 17 heavy (non-hydrogen) atoms. The molecule has 92 valence electrons. The van der Waals surface area contributed by atoms with Gasteiger partial charge in [0, 0.05) is 14.1 Å². The summed E-state index contributed by atoms with van der Waals surface area (Å²) in [6.07, 6.45) is 3.71. The van der Waals surface area contributed by atoms with E-state index >= 15 is 0 Å². The number of amides is 1. The summed E-state index contributed by atoms with van der Waals surface area (Å²) < 4.78 is 0. The van der Waals surface area contributed by atoms with Crippen molar-refractivity contribution in [3.05, 3.63) is 18.3 Å². The molecule has 1 atom stereocenters. The molecule has 2 rings (SSSR count). The predicted molar refractivity (Wildman–Crippen MR) is 68.2 cm³/mol. The quantitative estimate of drug-likeness (QED) is 0.813. The van der Waals surface area contributed by atoms with Gasteiger partial charge in [-0.3, -0.25) is 4.79 Å². The van der Waals surface area contributed by atoms with Crippen LogP contribution in [0, 0.1) is 0 Å². The van der Waals surface area contributed by atoms with Crippen LogP contribution in [0.1, 0.15) is 12.8 Å². The zero-order valence-corrected chi connectivity index (χ0v) is 10.2. The Balaban J connectivity index is 1.96. The van der Waals surface area contributed by atoms with Crippen molar-refractivity contribution in [2.45, 2.75) is 18.9 Å². The number of pyridine rings is 1. The van der Waals surface area contributed by atoms with Crippen molar-refractivity contribution in [1.82, 2.24) is 10.3 Å². The van der Waals surface area contributed by atoms with Gasteiger partial charge in [-0.1, -0.05) is 0 Å². The van der Waals surface area contributed by atoms with Gasteiger partial charge in [0.15, 0.2) is 0 Å². The van der Waals surface area contributed by atoms with E-state index < -0.39 is 0 Å². The highest BCUT2D eigenvalue weighted by atomic mass is 16.2. The first-order valence-corrected chi connectivity index (χ1v) is 5.84. The molecule has 0 bridgehead atoms. The minimum absolute atomic E-state index is 0.00704. The summed E-state index contributed by atoms with van der Waals surface area (Å²) in [5.41, 5.74) is 1.02. The second-order valence-electron chi connectivity index (χ2n) is 4.43. The van der Waals surface area contributed by atoms with Crippen LogP contribution in [0.3, 0.4) is 0 Å². The Morgan fingerprint density at radius 1 is 1.53 bits per heavy atom. The first-order chi connectivity index (χ1) is 8.16. The number of carbonyl (C=O) groups is 1. The fourth-order valence-electron chi connectivity index (χ4n) is 1.85. The van der Waals surface area contributed by atoms with E-state index in [-0.39, 0.29) is 11.9 Å². The minimum Gasteiger partial charge on any atom is -0.376 e. The third-order valence-corrected chi connectivity index (χ3v) is 2.89. The number of aromatic nitrogens is 1. The highest BCUT2D eigenvalue weighted by Gasteiger charge is 2.21. The Hall–Kier alpha value is -1.62. The van der Waals surface area contributed by atoms with Crippen LogP contribution in [0.15, 0.2) is 18.3 Å². The SMILES string of the molecule is CN(C)c1ccc(NC(=O)C2CCCN2)nc1. The van der Waals surface area contributed by atoms with Gasteiger partial charge in [0.1, 0.15) is 5.82 Å². The Morgan fingerprint density at radius 3 is 2.88 bits per heavy atom. The van der Waals surface area contributed by atoms with Gasteiger partial charge in [-0.05, 0) is 31.5 Å². The monoisotopic (exact) mass is 234 g/mol. The standard InChI is InChI=1S/C12H18N4O/c1-16(2)9-5-6-11(14-8-9)15-12(17)10-4-3-7-13-10/h5-6,8,10,13H,3-4,7H2,1-2H3,(H,14,15,17). The van der Waals surface area contributed by atoms with Crippen molar-refractivity contribution in [2.24, 2.45) is 0 Å². The normalized spacial score (nSPS) is 19.1. The summed E-state index contributed by atoms with van der Waals surface area (Å²) in [7, 11) is 3.91. The van der Waals surface area contributed by atoms with Crippen molar-refractivity contribution >= 4 is 17.4 Å². The van der Waals surface area contributed by atoms with E-state index in [1.54, 1.807) is 6.20 Å². The van der Waals surface area contributed by atoms with E-state index in [4.69, 9.17) is 0 Å². The van der Waals surface area contributed by atoms with Crippen molar-refractivity contribution in [3.63, 3.8) is 0 Å². The van der Waals surface area contributed by atoms with Crippen LogP contribution in [0.4, 0.5) is 11.5 Å². The van der Waals surface area contributed by atoms with Crippen LogP contribution in [0.2, 0.25) is 0 Å². The Bertz CT molecular complexity index is 382. The number of hydrogen-bond acceptors (Lipinski definition) is 4. The molecule has 1 fully saturated rings. The molecule has 1 unspecified atom stereocenters. The van der Waals surface area contributed by atoms with Crippen LogP contribution >= 0.6 is 0 Å². The van der Waals surface area contributed by atoms with Crippen LogP contribution in [-0.2, 0) is 4.79 Å². The Morgan fingerprint density at radius 2 is 2.35 bits per heavy atom. The predicted octanol–water partition coefficient (Wildman–Crippen LogP) is 0.838. The molecule has 1 amide bonds. The summed E-state index contributed by atoms with van der Waals surface area (Å²) in [5, 5.41) is 5.98. The molecule has 1 aliphatic heterocycles. The highest BCUT2D eigenvalue weighted by molar-refractivity contribution is 5.94. The van der Waals surface area contributed by atoms with Gasteiger partial charge in [0.05, 0.1) is 17.9 Å². The fraction of sp³-hybridized carbons (Fsp3) is 0.500. The molecule has 0 saturated carbocycles. The molecular formula is C12H18N4O. The van der Waals surface area contributed by atoms with E-state index in [1.807, 2.05) is 31.1 Å². The average molecular weight is 234 g/mol. The van der Waals surface area contributed by atoms with Gasteiger partial charge in [-0.25, -0.2) is 4.98 Å². The van der Waals surface area contributed by atoms with Crippen LogP contribution in [0.25, 0.3) is 0 Å². The van der Waals surface area contributed by atoms with Gasteiger partial charge >= 0.3 is 0 Å². The number of nitrogens with zero attached hydrogens (tertiary/aromatic N) is 2. The van der Waals surface area contributed by atoms with E-state index in [0.717, 1.165) is 25.1 Å². The van der Waals surface area contributed by atoms with Gasteiger partial charge in [-0.15, -0.1) is 0 Å². The third kappa shape index (κ3) is 2.94. The van der Waals surface area contributed by atoms with Crippen LogP contribution < -0.4 is 15.5 Å². The first kappa shape index (κ1) is 11.9. The van der Waals surface area contributed by atoms with Crippen LogP contribution in [0.5, 0.6) is 0 Å². The van der Waals surface area contributed by atoms with Crippen LogP contribution in [-0.4, -0.2) is 37.6 Å². The lowest BCUT2D eigenvalue weighted by atomic mass is 10.2. The van der Waals surface area contributed by atoms with Gasteiger partial charge in [0.2, 0.25) is 5.91 Å². The topological polar surface area (TPSA) is 57.3 Å². The number of nitrogens with one attached hydrogen (secondary N) is 2. The molecule has 0 aromatic carbocycles. The third-order valence-electron chi connectivity index (χ3n) is 2.89. The molecule has 1 saturated heterocycles.